The first-order valence-electron chi connectivity index (χ1n) is 14.0. The molecular formula is C32H33N5O4S. The molecule has 0 radical (unpaired) electrons. The second-order valence-electron chi connectivity index (χ2n) is 10.2. The Morgan fingerprint density at radius 2 is 1.64 bits per heavy atom. The Bertz CT molecular complexity index is 1530. The number of carbonyl (C=O) groups is 1. The van der Waals surface area contributed by atoms with Crippen molar-refractivity contribution < 1.29 is 19.0 Å². The molecule has 0 saturated carbocycles. The van der Waals surface area contributed by atoms with Gasteiger partial charge in [-0.3, -0.25) is 9.36 Å². The number of hydrogen-bond donors (Lipinski definition) is 0. The molecule has 6 rings (SSSR count). The Morgan fingerprint density at radius 1 is 0.929 bits per heavy atom. The molecule has 9 nitrogen and oxygen atoms in total. The van der Waals surface area contributed by atoms with Crippen LogP contribution < -0.4 is 9.47 Å². The van der Waals surface area contributed by atoms with Gasteiger partial charge in [0, 0.05) is 18.6 Å². The van der Waals surface area contributed by atoms with Crippen molar-refractivity contribution in [2.24, 2.45) is 5.10 Å². The zero-order valence-corrected chi connectivity index (χ0v) is 24.5. The maximum atomic E-state index is 13.8. The molecule has 2 atom stereocenters. The van der Waals surface area contributed by atoms with E-state index in [2.05, 4.69) is 14.8 Å². The molecule has 3 aromatic carbocycles. The lowest BCUT2D eigenvalue weighted by Crippen LogP contribution is -2.28. The average Bonchev–Trinajstić information content (AvgIpc) is 3.81. The van der Waals surface area contributed by atoms with Crippen LogP contribution in [0.5, 0.6) is 11.5 Å². The first-order valence-corrected chi connectivity index (χ1v) is 15.0. The van der Waals surface area contributed by atoms with Gasteiger partial charge in [0.2, 0.25) is 0 Å². The minimum absolute atomic E-state index is 0.0871. The van der Waals surface area contributed by atoms with E-state index in [0.29, 0.717) is 18.1 Å². The van der Waals surface area contributed by atoms with Gasteiger partial charge in [-0.15, -0.1) is 10.2 Å². The molecule has 0 spiro atoms. The van der Waals surface area contributed by atoms with E-state index in [4.69, 9.17) is 19.3 Å². The van der Waals surface area contributed by atoms with E-state index >= 15 is 0 Å². The smallest absolute Gasteiger partial charge is 0.253 e. The molecule has 2 aliphatic heterocycles. The number of aromatic nitrogens is 3. The highest BCUT2D eigenvalue weighted by molar-refractivity contribution is 7.99. The summed E-state index contributed by atoms with van der Waals surface area (Å²) in [4.78, 5) is 13.8. The van der Waals surface area contributed by atoms with Gasteiger partial charge >= 0.3 is 0 Å². The first kappa shape index (κ1) is 28.0. The molecule has 0 N–H and O–H groups in total. The summed E-state index contributed by atoms with van der Waals surface area (Å²) in [6.07, 6.45) is 2.74. The SMILES string of the molecule is COc1ccc(-c2nnc(SCC(=O)N3N=C(c4ccccc4)C[C@H]3c3ccc(OC)cc3)n2C[C@@H]2CCCO2)cc1. The lowest BCUT2D eigenvalue weighted by Gasteiger charge is -2.22. The number of methoxy groups -OCH3 is 2. The number of rotatable bonds is 10. The van der Waals surface area contributed by atoms with Crippen LogP contribution in [-0.4, -0.2) is 64.1 Å². The molecule has 42 heavy (non-hydrogen) atoms. The van der Waals surface area contributed by atoms with Crippen LogP contribution in [0.1, 0.15) is 36.4 Å². The number of thioether (sulfide) groups is 1. The zero-order valence-electron chi connectivity index (χ0n) is 23.7. The van der Waals surface area contributed by atoms with E-state index in [1.165, 1.54) is 11.8 Å². The van der Waals surface area contributed by atoms with Gasteiger partial charge in [0.1, 0.15) is 11.5 Å². The molecule has 10 heteroatoms. The summed E-state index contributed by atoms with van der Waals surface area (Å²) in [5.41, 5.74) is 3.83. The summed E-state index contributed by atoms with van der Waals surface area (Å²) in [7, 11) is 3.29. The fraction of sp³-hybridized carbons (Fsp3) is 0.312. The van der Waals surface area contributed by atoms with E-state index in [0.717, 1.165) is 59.2 Å². The third-order valence-electron chi connectivity index (χ3n) is 7.57. The van der Waals surface area contributed by atoms with Crippen LogP contribution in [0, 0.1) is 0 Å². The number of carbonyl (C=O) groups excluding carboxylic acids is 1. The molecule has 0 aliphatic carbocycles. The van der Waals surface area contributed by atoms with Crippen molar-refractivity contribution in [3.8, 4) is 22.9 Å². The number of ether oxygens (including phenoxy) is 3. The summed E-state index contributed by atoms with van der Waals surface area (Å²) >= 11 is 1.38. The summed E-state index contributed by atoms with van der Waals surface area (Å²) in [6, 6.07) is 25.4. The zero-order chi connectivity index (χ0) is 28.9. The molecule has 216 valence electrons. The molecule has 1 amide bonds. The molecule has 1 aromatic heterocycles. The summed E-state index contributed by atoms with van der Waals surface area (Å²) < 4.78 is 18.7. The predicted molar refractivity (Wildman–Crippen MR) is 162 cm³/mol. The molecule has 1 fully saturated rings. The van der Waals surface area contributed by atoms with E-state index in [-0.39, 0.29) is 23.8 Å². The fourth-order valence-electron chi connectivity index (χ4n) is 5.33. The molecule has 0 unspecified atom stereocenters. The Kier molecular flexibility index (Phi) is 8.52. The average molecular weight is 584 g/mol. The number of amides is 1. The second kappa shape index (κ2) is 12.8. The minimum Gasteiger partial charge on any atom is -0.497 e. The normalized spacial score (nSPS) is 18.2. The van der Waals surface area contributed by atoms with Gasteiger partial charge in [0.15, 0.2) is 11.0 Å². The number of nitrogens with zero attached hydrogens (tertiary/aromatic N) is 5. The lowest BCUT2D eigenvalue weighted by atomic mass is 9.98. The summed E-state index contributed by atoms with van der Waals surface area (Å²) in [6.45, 7) is 1.38. The molecule has 0 bridgehead atoms. The monoisotopic (exact) mass is 583 g/mol. The highest BCUT2D eigenvalue weighted by Crippen LogP contribution is 2.35. The highest BCUT2D eigenvalue weighted by Gasteiger charge is 2.33. The summed E-state index contributed by atoms with van der Waals surface area (Å²) in [5, 5.41) is 16.2. The van der Waals surface area contributed by atoms with Crippen molar-refractivity contribution in [1.29, 1.82) is 0 Å². The first-order chi connectivity index (χ1) is 20.6. The third-order valence-corrected chi connectivity index (χ3v) is 8.53. The molecule has 4 aromatic rings. The van der Waals surface area contributed by atoms with E-state index in [1.54, 1.807) is 19.2 Å². The van der Waals surface area contributed by atoms with E-state index in [1.807, 2.05) is 78.9 Å². The van der Waals surface area contributed by atoms with Crippen molar-refractivity contribution in [3.05, 3.63) is 90.0 Å². The molecule has 2 aliphatic rings. The second-order valence-corrected chi connectivity index (χ2v) is 11.2. The maximum Gasteiger partial charge on any atom is 0.253 e. The molecular weight excluding hydrogens is 550 g/mol. The van der Waals surface area contributed by atoms with Gasteiger partial charge in [-0.05, 0) is 60.4 Å². The standard InChI is InChI=1S/C32H33N5O4S/c1-39-25-14-10-23(11-15-25)29-19-28(22-7-4-3-5-8-22)35-37(29)30(38)21-42-32-34-33-31(24-12-16-26(40-2)17-13-24)36(32)20-27-9-6-18-41-27/h3-5,7-8,10-17,27,29H,6,9,18-21H2,1-2H3/t27-,29-/m0/s1. The van der Waals surface area contributed by atoms with E-state index in [9.17, 15) is 4.79 Å². The Labute approximate surface area is 249 Å². The van der Waals surface area contributed by atoms with Crippen molar-refractivity contribution >= 4 is 23.4 Å². The van der Waals surface area contributed by atoms with Crippen LogP contribution in [0.15, 0.2) is 89.1 Å². The van der Waals surface area contributed by atoms with Gasteiger partial charge in [0.25, 0.3) is 5.91 Å². The number of hydrogen-bond acceptors (Lipinski definition) is 8. The van der Waals surface area contributed by atoms with E-state index < -0.39 is 0 Å². The van der Waals surface area contributed by atoms with Crippen LogP contribution in [0.25, 0.3) is 11.4 Å². The van der Waals surface area contributed by atoms with Crippen LogP contribution in [0.4, 0.5) is 0 Å². The third kappa shape index (κ3) is 6.05. The van der Waals surface area contributed by atoms with Gasteiger partial charge in [-0.2, -0.15) is 5.10 Å². The quantitative estimate of drug-likeness (QED) is 0.224. The maximum absolute atomic E-state index is 13.8. The van der Waals surface area contributed by atoms with Gasteiger partial charge in [0.05, 0.1) is 44.4 Å². The van der Waals surface area contributed by atoms with Crippen LogP contribution >= 0.6 is 11.8 Å². The largest absolute Gasteiger partial charge is 0.497 e. The van der Waals surface area contributed by atoms with Crippen LogP contribution in [0.3, 0.4) is 0 Å². The molecule has 3 heterocycles. The van der Waals surface area contributed by atoms with Crippen LogP contribution in [-0.2, 0) is 16.1 Å². The van der Waals surface area contributed by atoms with Crippen molar-refractivity contribution in [2.75, 3.05) is 26.6 Å². The minimum atomic E-state index is -0.209. The number of hydrazone groups is 1. The Hall–Kier alpha value is -4.15. The van der Waals surface area contributed by atoms with Gasteiger partial charge in [-0.1, -0.05) is 54.2 Å². The van der Waals surface area contributed by atoms with Gasteiger partial charge in [-0.25, -0.2) is 5.01 Å². The predicted octanol–water partition coefficient (Wildman–Crippen LogP) is 5.61. The fourth-order valence-corrected chi connectivity index (χ4v) is 6.13. The number of benzene rings is 3. The van der Waals surface area contributed by atoms with Crippen molar-refractivity contribution in [1.82, 2.24) is 19.8 Å². The van der Waals surface area contributed by atoms with Crippen LogP contribution in [0.2, 0.25) is 0 Å². The summed E-state index contributed by atoms with van der Waals surface area (Å²) in [5.74, 6) is 2.36. The molecule has 1 saturated heterocycles. The Balaban J connectivity index is 1.25. The lowest BCUT2D eigenvalue weighted by molar-refractivity contribution is -0.130. The van der Waals surface area contributed by atoms with Gasteiger partial charge < -0.3 is 14.2 Å². The van der Waals surface area contributed by atoms with Crippen molar-refractivity contribution in [3.63, 3.8) is 0 Å². The van der Waals surface area contributed by atoms with Crippen molar-refractivity contribution in [2.45, 2.75) is 43.1 Å². The highest BCUT2D eigenvalue weighted by atomic mass is 32.2. The Morgan fingerprint density at radius 3 is 2.31 bits per heavy atom. The topological polar surface area (TPSA) is 91.1 Å².